The van der Waals surface area contributed by atoms with Gasteiger partial charge in [-0.1, -0.05) is 12.1 Å². The number of nitrogens with one attached hydrogen (secondary N) is 1. The first-order valence-corrected chi connectivity index (χ1v) is 4.73. The predicted octanol–water partition coefficient (Wildman–Crippen LogP) is 1.07. The van der Waals surface area contributed by atoms with E-state index in [-0.39, 0.29) is 19.3 Å². The molecule has 0 unspecified atom stereocenters. The molecule has 1 aromatic rings. The highest BCUT2D eigenvalue weighted by Gasteiger charge is 2.06. The second-order valence-corrected chi connectivity index (χ2v) is 3.52. The lowest BCUT2D eigenvalue weighted by molar-refractivity contribution is 0.204. The van der Waals surface area contributed by atoms with Crippen molar-refractivity contribution in [2.75, 3.05) is 18.5 Å². The molecule has 0 aliphatic heterocycles. The van der Waals surface area contributed by atoms with Gasteiger partial charge in [0.15, 0.2) is 0 Å². The van der Waals surface area contributed by atoms with Crippen molar-refractivity contribution >= 4 is 5.69 Å². The first kappa shape index (κ1) is 11.0. The molecule has 0 aliphatic rings. The number of aryl methyl sites for hydroxylation is 2. The summed E-state index contributed by atoms with van der Waals surface area (Å²) in [6.07, 6.45) is 0. The average molecular weight is 195 g/mol. The lowest BCUT2D eigenvalue weighted by Crippen LogP contribution is -2.28. The Bertz CT molecular complexity index is 295. The van der Waals surface area contributed by atoms with Gasteiger partial charge in [0.2, 0.25) is 0 Å². The van der Waals surface area contributed by atoms with Crippen LogP contribution in [0.5, 0.6) is 0 Å². The molecule has 0 bridgehead atoms. The lowest BCUT2D eigenvalue weighted by atomic mass is 10.1. The summed E-state index contributed by atoms with van der Waals surface area (Å²) < 4.78 is 0. The van der Waals surface area contributed by atoms with Crippen LogP contribution in [0.1, 0.15) is 11.1 Å². The zero-order valence-corrected chi connectivity index (χ0v) is 8.62. The van der Waals surface area contributed by atoms with E-state index < -0.39 is 0 Å². The monoisotopic (exact) mass is 195 g/mol. The van der Waals surface area contributed by atoms with E-state index in [0.717, 1.165) is 16.8 Å². The van der Waals surface area contributed by atoms with Crippen LogP contribution in [-0.4, -0.2) is 29.5 Å². The number of aliphatic hydroxyl groups excluding tert-OH is 2. The van der Waals surface area contributed by atoms with Crippen LogP contribution in [-0.2, 0) is 0 Å². The molecule has 0 saturated carbocycles. The smallest absolute Gasteiger partial charge is 0.0723 e. The number of rotatable bonds is 4. The Morgan fingerprint density at radius 2 is 1.86 bits per heavy atom. The quantitative estimate of drug-likeness (QED) is 0.673. The molecule has 0 aromatic heterocycles. The third-order valence-corrected chi connectivity index (χ3v) is 2.19. The van der Waals surface area contributed by atoms with Gasteiger partial charge in [-0.25, -0.2) is 0 Å². The van der Waals surface area contributed by atoms with E-state index in [0.29, 0.717) is 0 Å². The molecule has 1 rings (SSSR count). The molecule has 0 saturated heterocycles. The van der Waals surface area contributed by atoms with Crippen LogP contribution in [0.3, 0.4) is 0 Å². The largest absolute Gasteiger partial charge is 0.394 e. The van der Waals surface area contributed by atoms with Gasteiger partial charge in [0.25, 0.3) is 0 Å². The summed E-state index contributed by atoms with van der Waals surface area (Å²) in [7, 11) is 0. The summed E-state index contributed by atoms with van der Waals surface area (Å²) in [4.78, 5) is 0. The number of aliphatic hydroxyl groups is 2. The summed E-state index contributed by atoms with van der Waals surface area (Å²) >= 11 is 0. The van der Waals surface area contributed by atoms with E-state index in [2.05, 4.69) is 5.32 Å². The molecule has 3 heteroatoms. The van der Waals surface area contributed by atoms with Gasteiger partial charge in [0.1, 0.15) is 0 Å². The Kier molecular flexibility index (Phi) is 3.92. The summed E-state index contributed by atoms with van der Waals surface area (Å²) in [5, 5.41) is 20.9. The van der Waals surface area contributed by atoms with Crippen LogP contribution in [0.2, 0.25) is 0 Å². The molecular formula is C11H17NO2. The Morgan fingerprint density at radius 1 is 1.21 bits per heavy atom. The Morgan fingerprint density at radius 3 is 2.43 bits per heavy atom. The number of hydrogen-bond donors (Lipinski definition) is 3. The average Bonchev–Trinajstić information content (AvgIpc) is 2.19. The van der Waals surface area contributed by atoms with Crippen molar-refractivity contribution in [1.82, 2.24) is 0 Å². The molecule has 14 heavy (non-hydrogen) atoms. The topological polar surface area (TPSA) is 52.5 Å². The fraction of sp³-hybridized carbons (Fsp3) is 0.455. The zero-order valence-electron chi connectivity index (χ0n) is 8.62. The number of hydrogen-bond acceptors (Lipinski definition) is 3. The van der Waals surface area contributed by atoms with Crippen molar-refractivity contribution in [2.45, 2.75) is 19.9 Å². The molecule has 0 aliphatic carbocycles. The Hall–Kier alpha value is -1.06. The number of anilines is 1. The van der Waals surface area contributed by atoms with Crippen LogP contribution in [0.25, 0.3) is 0 Å². The molecule has 0 fully saturated rings. The van der Waals surface area contributed by atoms with Crippen molar-refractivity contribution < 1.29 is 10.2 Å². The van der Waals surface area contributed by atoms with E-state index in [4.69, 9.17) is 10.2 Å². The summed E-state index contributed by atoms with van der Waals surface area (Å²) in [5.74, 6) is 0. The maximum absolute atomic E-state index is 8.93. The van der Waals surface area contributed by atoms with Gasteiger partial charge in [0, 0.05) is 5.69 Å². The molecule has 0 atom stereocenters. The summed E-state index contributed by atoms with van der Waals surface area (Å²) in [5.41, 5.74) is 3.24. The Balaban J connectivity index is 2.79. The van der Waals surface area contributed by atoms with Gasteiger partial charge in [-0.15, -0.1) is 0 Å². The molecule has 0 spiro atoms. The van der Waals surface area contributed by atoms with Gasteiger partial charge in [-0.2, -0.15) is 0 Å². The molecule has 3 N–H and O–H groups in total. The van der Waals surface area contributed by atoms with Crippen molar-refractivity contribution in [1.29, 1.82) is 0 Å². The molecule has 0 amide bonds. The molecule has 0 heterocycles. The van der Waals surface area contributed by atoms with Gasteiger partial charge in [-0.05, 0) is 31.0 Å². The minimum absolute atomic E-state index is 0.0656. The van der Waals surface area contributed by atoms with E-state index >= 15 is 0 Å². The minimum atomic E-state index is -0.282. The highest BCUT2D eigenvalue weighted by Crippen LogP contribution is 2.16. The van der Waals surface area contributed by atoms with E-state index in [1.807, 2.05) is 32.0 Å². The molecule has 1 aromatic carbocycles. The Labute approximate surface area is 84.4 Å². The highest BCUT2D eigenvalue weighted by atomic mass is 16.3. The first-order valence-electron chi connectivity index (χ1n) is 4.73. The predicted molar refractivity (Wildman–Crippen MR) is 57.5 cm³/mol. The minimum Gasteiger partial charge on any atom is -0.394 e. The van der Waals surface area contributed by atoms with Crippen molar-refractivity contribution in [3.63, 3.8) is 0 Å². The highest BCUT2D eigenvalue weighted by molar-refractivity contribution is 5.53. The van der Waals surface area contributed by atoms with E-state index in [9.17, 15) is 0 Å². The van der Waals surface area contributed by atoms with E-state index in [1.54, 1.807) is 0 Å². The first-order chi connectivity index (χ1) is 6.67. The second-order valence-electron chi connectivity index (χ2n) is 3.52. The molecule has 0 radical (unpaired) electrons. The normalized spacial score (nSPS) is 10.6. The summed E-state index contributed by atoms with van der Waals surface area (Å²) in [6, 6.07) is 5.78. The maximum Gasteiger partial charge on any atom is 0.0723 e. The van der Waals surface area contributed by atoms with Gasteiger partial charge in [0.05, 0.1) is 19.3 Å². The van der Waals surface area contributed by atoms with Crippen LogP contribution < -0.4 is 5.32 Å². The van der Waals surface area contributed by atoms with Gasteiger partial charge in [-0.3, -0.25) is 0 Å². The van der Waals surface area contributed by atoms with Crippen molar-refractivity contribution in [3.8, 4) is 0 Å². The van der Waals surface area contributed by atoms with Crippen molar-refractivity contribution in [3.05, 3.63) is 29.3 Å². The molecule has 3 nitrogen and oxygen atoms in total. The summed E-state index contributed by atoms with van der Waals surface area (Å²) in [6.45, 7) is 3.87. The maximum atomic E-state index is 8.93. The standard InChI is InChI=1S/C11H17NO2/c1-8-3-4-9(2)11(5-8)12-10(6-13)7-14/h3-5,10,12-14H,6-7H2,1-2H3. The molecule has 78 valence electrons. The van der Waals surface area contributed by atoms with E-state index in [1.165, 1.54) is 0 Å². The molecular weight excluding hydrogens is 178 g/mol. The van der Waals surface area contributed by atoms with Gasteiger partial charge < -0.3 is 15.5 Å². The second kappa shape index (κ2) is 4.98. The lowest BCUT2D eigenvalue weighted by Gasteiger charge is -2.17. The SMILES string of the molecule is Cc1ccc(C)c(NC(CO)CO)c1. The fourth-order valence-electron chi connectivity index (χ4n) is 1.26. The van der Waals surface area contributed by atoms with Crippen LogP contribution in [0.15, 0.2) is 18.2 Å². The fourth-order valence-corrected chi connectivity index (χ4v) is 1.26. The van der Waals surface area contributed by atoms with Crippen molar-refractivity contribution in [2.24, 2.45) is 0 Å². The van der Waals surface area contributed by atoms with Gasteiger partial charge >= 0.3 is 0 Å². The third-order valence-electron chi connectivity index (χ3n) is 2.19. The van der Waals surface area contributed by atoms with Crippen LogP contribution in [0, 0.1) is 13.8 Å². The van der Waals surface area contributed by atoms with Crippen LogP contribution in [0.4, 0.5) is 5.69 Å². The van der Waals surface area contributed by atoms with Crippen LogP contribution >= 0.6 is 0 Å². The third kappa shape index (κ3) is 2.72. The number of benzene rings is 1. The zero-order chi connectivity index (χ0) is 10.6.